The maximum atomic E-state index is 11.6. The molecule has 1 aromatic carbocycles. The molecule has 4 nitrogen and oxygen atoms in total. The Balaban J connectivity index is 2.79. The van der Waals surface area contributed by atoms with Crippen molar-refractivity contribution in [1.29, 1.82) is 0 Å². The highest BCUT2D eigenvalue weighted by Gasteiger charge is 2.23. The van der Waals surface area contributed by atoms with Gasteiger partial charge in [-0.1, -0.05) is 49.4 Å². The molecule has 0 saturated heterocycles. The van der Waals surface area contributed by atoms with E-state index in [0.717, 1.165) is 5.56 Å². The Morgan fingerprint density at radius 1 is 1.25 bits per heavy atom. The van der Waals surface area contributed by atoms with Crippen molar-refractivity contribution >= 4 is 12.0 Å². The lowest BCUT2D eigenvalue weighted by Crippen LogP contribution is -2.22. The quantitative estimate of drug-likeness (QED) is 0.492. The number of ether oxygens (including phenoxy) is 2. The van der Waals surface area contributed by atoms with Gasteiger partial charge in [0.05, 0.1) is 32.2 Å². The molecule has 0 radical (unpaired) electrons. The molecule has 0 spiro atoms. The van der Waals surface area contributed by atoms with Crippen molar-refractivity contribution < 1.29 is 19.4 Å². The van der Waals surface area contributed by atoms with E-state index in [1.54, 1.807) is 13.0 Å². The van der Waals surface area contributed by atoms with E-state index in [0.29, 0.717) is 5.57 Å². The summed E-state index contributed by atoms with van der Waals surface area (Å²) in [7, 11) is 2.74. The monoisotopic (exact) mass is 276 g/mol. The predicted octanol–water partition coefficient (Wildman–Crippen LogP) is 2.40. The minimum Gasteiger partial charge on any atom is -0.504 e. The van der Waals surface area contributed by atoms with Gasteiger partial charge in [-0.2, -0.15) is 0 Å². The van der Waals surface area contributed by atoms with E-state index >= 15 is 0 Å². The smallest absolute Gasteiger partial charge is 0.337 e. The molecule has 0 aliphatic rings. The number of aliphatic hydroxyl groups excluding tert-OH is 1. The van der Waals surface area contributed by atoms with Crippen LogP contribution in [0.5, 0.6) is 0 Å². The summed E-state index contributed by atoms with van der Waals surface area (Å²) in [6.07, 6.45) is 3.95. The molecule has 0 amide bonds. The molecule has 0 unspecified atom stereocenters. The van der Waals surface area contributed by atoms with E-state index < -0.39 is 18.0 Å². The standard InChI is InChI=1S/C16H20O4/c1-12(14(11-19-2)16(18)20-3)15(17)10-9-13-7-5-4-6-8-13/h4-12,15,17H,1-3H3/t12-,15+/m1/s1. The number of hydrogen-bond donors (Lipinski definition) is 1. The summed E-state index contributed by atoms with van der Waals surface area (Å²) >= 11 is 0. The fourth-order valence-electron chi connectivity index (χ4n) is 1.71. The van der Waals surface area contributed by atoms with Gasteiger partial charge in [0.1, 0.15) is 0 Å². The average molecular weight is 276 g/mol. The first kappa shape index (κ1) is 16.0. The second kappa shape index (κ2) is 8.17. The number of hydrogen-bond acceptors (Lipinski definition) is 4. The van der Waals surface area contributed by atoms with Crippen LogP contribution >= 0.6 is 0 Å². The van der Waals surface area contributed by atoms with Gasteiger partial charge in [-0.25, -0.2) is 4.79 Å². The van der Waals surface area contributed by atoms with Crippen LogP contribution in [-0.4, -0.2) is 31.4 Å². The maximum absolute atomic E-state index is 11.6. The van der Waals surface area contributed by atoms with Crippen LogP contribution in [0.2, 0.25) is 0 Å². The summed E-state index contributed by atoms with van der Waals surface area (Å²) < 4.78 is 9.54. The van der Waals surface area contributed by atoms with Crippen LogP contribution in [0.4, 0.5) is 0 Å². The van der Waals surface area contributed by atoms with Crippen molar-refractivity contribution in [3.63, 3.8) is 0 Å². The molecular weight excluding hydrogens is 256 g/mol. The highest BCUT2D eigenvalue weighted by molar-refractivity contribution is 5.88. The normalized spacial score (nSPS) is 14.9. The van der Waals surface area contributed by atoms with E-state index in [-0.39, 0.29) is 0 Å². The fraction of sp³-hybridized carbons (Fsp3) is 0.312. The molecule has 0 fully saturated rings. The molecule has 0 heterocycles. The molecular formula is C16H20O4. The molecule has 1 rings (SSSR count). The van der Waals surface area contributed by atoms with Gasteiger partial charge in [0.15, 0.2) is 0 Å². The average Bonchev–Trinajstić information content (AvgIpc) is 2.49. The van der Waals surface area contributed by atoms with Gasteiger partial charge < -0.3 is 14.6 Å². The van der Waals surface area contributed by atoms with Gasteiger partial charge in [0.25, 0.3) is 0 Å². The first-order valence-electron chi connectivity index (χ1n) is 6.32. The van der Waals surface area contributed by atoms with Crippen LogP contribution in [0, 0.1) is 5.92 Å². The predicted molar refractivity (Wildman–Crippen MR) is 77.8 cm³/mol. The zero-order valence-electron chi connectivity index (χ0n) is 11.9. The van der Waals surface area contributed by atoms with Crippen LogP contribution in [0.25, 0.3) is 6.08 Å². The third-order valence-electron chi connectivity index (χ3n) is 2.95. The molecule has 1 aromatic rings. The minimum atomic E-state index is -0.810. The van der Waals surface area contributed by atoms with Crippen LogP contribution in [-0.2, 0) is 14.3 Å². The molecule has 0 saturated carbocycles. The summed E-state index contributed by atoms with van der Waals surface area (Å²) in [6.45, 7) is 1.74. The SMILES string of the molecule is COC=C(C(=O)OC)[C@@H](C)[C@@H](O)C=Cc1ccccc1. The van der Waals surface area contributed by atoms with Gasteiger partial charge >= 0.3 is 5.97 Å². The van der Waals surface area contributed by atoms with Crippen molar-refractivity contribution in [2.75, 3.05) is 14.2 Å². The molecule has 0 aliphatic carbocycles. The van der Waals surface area contributed by atoms with E-state index in [2.05, 4.69) is 4.74 Å². The molecule has 0 bridgehead atoms. The van der Waals surface area contributed by atoms with Crippen molar-refractivity contribution in [3.8, 4) is 0 Å². The summed E-state index contributed by atoms with van der Waals surface area (Å²) in [6, 6.07) is 9.62. The number of aliphatic hydroxyl groups is 1. The van der Waals surface area contributed by atoms with E-state index in [4.69, 9.17) is 4.74 Å². The summed E-state index contributed by atoms with van der Waals surface area (Å²) in [5, 5.41) is 10.1. The molecule has 20 heavy (non-hydrogen) atoms. The van der Waals surface area contributed by atoms with Crippen LogP contribution in [0.15, 0.2) is 48.2 Å². The van der Waals surface area contributed by atoms with Gasteiger partial charge in [0.2, 0.25) is 0 Å². The Hall–Kier alpha value is -2.07. The Kier molecular flexibility index (Phi) is 6.53. The highest BCUT2D eigenvalue weighted by Crippen LogP contribution is 2.18. The maximum Gasteiger partial charge on any atom is 0.337 e. The number of methoxy groups -OCH3 is 2. The Labute approximate surface area is 119 Å². The lowest BCUT2D eigenvalue weighted by Gasteiger charge is -2.17. The zero-order valence-corrected chi connectivity index (χ0v) is 11.9. The van der Waals surface area contributed by atoms with Gasteiger partial charge in [-0.05, 0) is 5.56 Å². The van der Waals surface area contributed by atoms with Gasteiger partial charge in [-0.3, -0.25) is 0 Å². The number of carbonyl (C=O) groups excluding carboxylic acids is 1. The van der Waals surface area contributed by atoms with Crippen molar-refractivity contribution in [3.05, 3.63) is 53.8 Å². The summed E-state index contributed by atoms with van der Waals surface area (Å²) in [5.74, 6) is -0.936. The molecule has 108 valence electrons. The van der Waals surface area contributed by atoms with E-state index in [1.165, 1.54) is 20.5 Å². The Bertz CT molecular complexity index is 477. The van der Waals surface area contributed by atoms with Crippen molar-refractivity contribution in [2.45, 2.75) is 13.0 Å². The van der Waals surface area contributed by atoms with E-state index in [1.807, 2.05) is 36.4 Å². The number of rotatable bonds is 6. The minimum absolute atomic E-state index is 0.292. The number of carbonyl (C=O) groups is 1. The Morgan fingerprint density at radius 2 is 1.90 bits per heavy atom. The van der Waals surface area contributed by atoms with Gasteiger partial charge in [0, 0.05) is 5.92 Å². The third kappa shape index (κ3) is 4.55. The zero-order chi connectivity index (χ0) is 15.0. The molecule has 0 aromatic heterocycles. The topological polar surface area (TPSA) is 55.8 Å². The van der Waals surface area contributed by atoms with Crippen molar-refractivity contribution in [2.24, 2.45) is 5.92 Å². The number of benzene rings is 1. The molecule has 4 heteroatoms. The fourth-order valence-corrected chi connectivity index (χ4v) is 1.71. The van der Waals surface area contributed by atoms with Crippen LogP contribution in [0.1, 0.15) is 12.5 Å². The largest absolute Gasteiger partial charge is 0.504 e. The lowest BCUT2D eigenvalue weighted by atomic mass is 9.95. The molecule has 1 N–H and O–H groups in total. The first-order valence-corrected chi connectivity index (χ1v) is 6.32. The Morgan fingerprint density at radius 3 is 2.45 bits per heavy atom. The third-order valence-corrected chi connectivity index (χ3v) is 2.95. The van der Waals surface area contributed by atoms with Crippen LogP contribution < -0.4 is 0 Å². The van der Waals surface area contributed by atoms with E-state index in [9.17, 15) is 9.90 Å². The summed E-state index contributed by atoms with van der Waals surface area (Å²) in [5.41, 5.74) is 1.27. The lowest BCUT2D eigenvalue weighted by molar-refractivity contribution is -0.137. The second-order valence-electron chi connectivity index (χ2n) is 4.35. The van der Waals surface area contributed by atoms with Crippen molar-refractivity contribution in [1.82, 2.24) is 0 Å². The highest BCUT2D eigenvalue weighted by atomic mass is 16.5. The number of esters is 1. The van der Waals surface area contributed by atoms with Crippen LogP contribution in [0.3, 0.4) is 0 Å². The van der Waals surface area contributed by atoms with Gasteiger partial charge in [-0.15, -0.1) is 0 Å². The second-order valence-corrected chi connectivity index (χ2v) is 4.35. The first-order chi connectivity index (χ1) is 9.60. The summed E-state index contributed by atoms with van der Waals surface area (Å²) in [4.78, 5) is 11.6. The molecule has 0 aliphatic heterocycles. The molecule has 2 atom stereocenters.